The molecule has 4 heteroatoms. The zero-order chi connectivity index (χ0) is 10.4. The molecule has 2 aliphatic carbocycles. The Hall–Kier alpha value is -0.610. The van der Waals surface area contributed by atoms with Gasteiger partial charge in [0.05, 0.1) is 5.54 Å². The average molecular weight is 198 g/mol. The molecular weight excluding hydrogens is 180 g/mol. The molecule has 0 aromatic rings. The summed E-state index contributed by atoms with van der Waals surface area (Å²) < 4.78 is 0. The Morgan fingerprint density at radius 3 is 1.93 bits per heavy atom. The Morgan fingerprint density at radius 1 is 1.14 bits per heavy atom. The van der Waals surface area contributed by atoms with Crippen LogP contribution in [0.15, 0.2) is 0 Å². The second-order valence-electron chi connectivity index (χ2n) is 5.04. The Labute approximate surface area is 83.6 Å². The van der Waals surface area contributed by atoms with Crippen LogP contribution < -0.4 is 11.5 Å². The Morgan fingerprint density at radius 2 is 1.57 bits per heavy atom. The molecule has 14 heavy (non-hydrogen) atoms. The molecule has 2 rings (SSSR count). The van der Waals surface area contributed by atoms with E-state index in [0.29, 0.717) is 5.41 Å². The molecule has 80 valence electrons. The normalized spacial score (nSPS) is 29.9. The number of hydrogen-bond acceptors (Lipinski definition) is 3. The molecule has 0 radical (unpaired) electrons. The molecule has 0 aromatic carbocycles. The van der Waals surface area contributed by atoms with Gasteiger partial charge >= 0.3 is 0 Å². The summed E-state index contributed by atoms with van der Waals surface area (Å²) in [5.74, 6) is -0.695. The largest absolute Gasteiger partial charge is 0.381 e. The van der Waals surface area contributed by atoms with E-state index in [1.165, 1.54) is 12.8 Å². The fourth-order valence-corrected chi connectivity index (χ4v) is 2.48. The van der Waals surface area contributed by atoms with Gasteiger partial charge in [0.15, 0.2) is 0 Å². The van der Waals surface area contributed by atoms with Crippen LogP contribution in [0.2, 0.25) is 0 Å². The number of hydrogen-bond donors (Lipinski definition) is 3. The molecule has 2 aliphatic rings. The van der Waals surface area contributed by atoms with Crippen molar-refractivity contribution in [2.75, 3.05) is 0 Å². The van der Waals surface area contributed by atoms with E-state index in [1.54, 1.807) is 0 Å². The zero-order valence-corrected chi connectivity index (χ0v) is 8.33. The van der Waals surface area contributed by atoms with Crippen LogP contribution in [0.5, 0.6) is 0 Å². The predicted molar refractivity (Wildman–Crippen MR) is 52.3 cm³/mol. The maximum atomic E-state index is 10.9. The van der Waals surface area contributed by atoms with E-state index >= 15 is 0 Å². The Bertz CT molecular complexity index is 251. The molecule has 1 atom stereocenters. The van der Waals surface area contributed by atoms with Gasteiger partial charge in [0.1, 0.15) is 6.10 Å². The van der Waals surface area contributed by atoms with Gasteiger partial charge in [-0.1, -0.05) is 0 Å². The van der Waals surface area contributed by atoms with E-state index < -0.39 is 17.6 Å². The number of primary amides is 1. The van der Waals surface area contributed by atoms with E-state index in [0.717, 1.165) is 25.7 Å². The molecule has 4 nitrogen and oxygen atoms in total. The highest BCUT2D eigenvalue weighted by Crippen LogP contribution is 2.57. The van der Waals surface area contributed by atoms with Crippen LogP contribution in [0.4, 0.5) is 0 Å². The minimum atomic E-state index is -1.18. The quantitative estimate of drug-likeness (QED) is 0.578. The summed E-state index contributed by atoms with van der Waals surface area (Å²) in [4.78, 5) is 10.9. The van der Waals surface area contributed by atoms with Crippen molar-refractivity contribution >= 4 is 5.91 Å². The third kappa shape index (κ3) is 1.53. The van der Waals surface area contributed by atoms with Crippen LogP contribution in [0.1, 0.15) is 38.5 Å². The highest BCUT2D eigenvalue weighted by molar-refractivity contribution is 5.80. The van der Waals surface area contributed by atoms with Gasteiger partial charge in [0.2, 0.25) is 5.91 Å². The number of carbonyl (C=O) groups excluding carboxylic acids is 1. The summed E-state index contributed by atoms with van der Waals surface area (Å²) in [6.07, 6.45) is 4.90. The van der Waals surface area contributed by atoms with Gasteiger partial charge in [-0.3, -0.25) is 4.79 Å². The number of aliphatic hydroxyl groups is 1. The molecule has 1 spiro atoms. The minimum absolute atomic E-state index is 0.514. The van der Waals surface area contributed by atoms with Crippen molar-refractivity contribution in [2.24, 2.45) is 16.9 Å². The van der Waals surface area contributed by atoms with Gasteiger partial charge in [0, 0.05) is 0 Å². The first-order chi connectivity index (χ1) is 6.48. The van der Waals surface area contributed by atoms with E-state index in [2.05, 4.69) is 0 Å². The molecule has 2 saturated carbocycles. The van der Waals surface area contributed by atoms with Gasteiger partial charge in [-0.25, -0.2) is 0 Å². The van der Waals surface area contributed by atoms with Crippen LogP contribution in [0.3, 0.4) is 0 Å². The molecule has 5 N–H and O–H groups in total. The number of carbonyl (C=O) groups is 1. The Kier molecular flexibility index (Phi) is 2.08. The molecule has 0 saturated heterocycles. The highest BCUT2D eigenvalue weighted by atomic mass is 16.3. The van der Waals surface area contributed by atoms with Crippen LogP contribution in [-0.4, -0.2) is 22.7 Å². The summed E-state index contributed by atoms with van der Waals surface area (Å²) in [5.41, 5.74) is 10.8. The van der Waals surface area contributed by atoms with Crippen LogP contribution in [0.25, 0.3) is 0 Å². The summed E-state index contributed by atoms with van der Waals surface area (Å²) >= 11 is 0. The van der Waals surface area contributed by atoms with Crippen molar-refractivity contribution in [1.29, 1.82) is 0 Å². The number of amides is 1. The van der Waals surface area contributed by atoms with Gasteiger partial charge < -0.3 is 16.6 Å². The smallest absolute Gasteiger partial charge is 0.248 e. The third-order valence-corrected chi connectivity index (χ3v) is 4.01. The topological polar surface area (TPSA) is 89.3 Å². The highest BCUT2D eigenvalue weighted by Gasteiger charge is 2.51. The lowest BCUT2D eigenvalue weighted by Crippen LogP contribution is -2.58. The lowest BCUT2D eigenvalue weighted by molar-refractivity contribution is -0.130. The van der Waals surface area contributed by atoms with Crippen molar-refractivity contribution < 1.29 is 9.90 Å². The fraction of sp³-hybridized carbons (Fsp3) is 0.900. The van der Waals surface area contributed by atoms with Crippen LogP contribution in [0, 0.1) is 5.41 Å². The molecular formula is C10H18N2O2. The average Bonchev–Trinajstić information content (AvgIpc) is 2.90. The second kappa shape index (κ2) is 2.94. The first-order valence-electron chi connectivity index (χ1n) is 5.24. The molecule has 1 unspecified atom stereocenters. The van der Waals surface area contributed by atoms with Crippen molar-refractivity contribution in [1.82, 2.24) is 0 Å². The van der Waals surface area contributed by atoms with Gasteiger partial charge in [-0.05, 0) is 43.9 Å². The molecule has 0 heterocycles. The monoisotopic (exact) mass is 198 g/mol. The van der Waals surface area contributed by atoms with Crippen LogP contribution >= 0.6 is 0 Å². The van der Waals surface area contributed by atoms with Gasteiger partial charge in [0.25, 0.3) is 0 Å². The molecule has 1 amide bonds. The van der Waals surface area contributed by atoms with Crippen LogP contribution in [-0.2, 0) is 4.79 Å². The third-order valence-electron chi connectivity index (χ3n) is 4.01. The SMILES string of the molecule is NC(=O)C(O)C1(N)CCC2(CC2)CC1. The summed E-state index contributed by atoms with van der Waals surface area (Å²) in [6, 6.07) is 0. The van der Waals surface area contributed by atoms with E-state index in [-0.39, 0.29) is 0 Å². The molecule has 0 bridgehead atoms. The van der Waals surface area contributed by atoms with Crippen molar-refractivity contribution in [3.8, 4) is 0 Å². The molecule has 2 fully saturated rings. The van der Waals surface area contributed by atoms with E-state index in [4.69, 9.17) is 11.5 Å². The van der Waals surface area contributed by atoms with Crippen molar-refractivity contribution in [3.05, 3.63) is 0 Å². The van der Waals surface area contributed by atoms with E-state index in [1.807, 2.05) is 0 Å². The van der Waals surface area contributed by atoms with Crippen molar-refractivity contribution in [3.63, 3.8) is 0 Å². The van der Waals surface area contributed by atoms with E-state index in [9.17, 15) is 9.90 Å². The lowest BCUT2D eigenvalue weighted by atomic mass is 9.72. The second-order valence-corrected chi connectivity index (χ2v) is 5.04. The molecule has 0 aliphatic heterocycles. The standard InChI is InChI=1S/C10H18N2O2/c11-8(14)7(13)10(12)5-3-9(1-2-9)4-6-10/h7,13H,1-6,12H2,(H2,11,14). The van der Waals surface area contributed by atoms with Crippen molar-refractivity contribution in [2.45, 2.75) is 50.2 Å². The summed E-state index contributed by atoms with van der Waals surface area (Å²) in [6.45, 7) is 0. The first-order valence-corrected chi connectivity index (χ1v) is 5.24. The zero-order valence-electron chi connectivity index (χ0n) is 8.33. The minimum Gasteiger partial charge on any atom is -0.381 e. The summed E-state index contributed by atoms with van der Waals surface area (Å²) in [5, 5.41) is 9.60. The van der Waals surface area contributed by atoms with Gasteiger partial charge in [-0.15, -0.1) is 0 Å². The Balaban J connectivity index is 2.00. The summed E-state index contributed by atoms with van der Waals surface area (Å²) in [7, 11) is 0. The predicted octanol–water partition coefficient (Wildman–Crippen LogP) is -0.116. The number of aliphatic hydroxyl groups excluding tert-OH is 1. The lowest BCUT2D eigenvalue weighted by Gasteiger charge is -2.39. The number of rotatable bonds is 2. The van der Waals surface area contributed by atoms with Gasteiger partial charge in [-0.2, -0.15) is 0 Å². The fourth-order valence-electron chi connectivity index (χ4n) is 2.48. The number of nitrogens with two attached hydrogens (primary N) is 2. The first kappa shape index (κ1) is 9.93. The maximum absolute atomic E-state index is 10.9. The maximum Gasteiger partial charge on any atom is 0.248 e. The molecule has 0 aromatic heterocycles.